The maximum Gasteiger partial charge on any atom is 0.0991 e. The van der Waals surface area contributed by atoms with Crippen molar-refractivity contribution in [3.05, 3.63) is 23.0 Å². The highest BCUT2D eigenvalue weighted by atomic mass is 16.5. The third-order valence-electron chi connectivity index (χ3n) is 2.13. The minimum atomic E-state index is 0.861. The summed E-state index contributed by atoms with van der Waals surface area (Å²) < 4.78 is 5.63. The van der Waals surface area contributed by atoms with Crippen molar-refractivity contribution < 1.29 is 4.74 Å². The second-order valence-corrected chi connectivity index (χ2v) is 3.45. The topological polar surface area (TPSA) is 9.23 Å². The summed E-state index contributed by atoms with van der Waals surface area (Å²) in [4.78, 5) is 0. The van der Waals surface area contributed by atoms with Crippen LogP contribution in [-0.4, -0.2) is 6.61 Å². The third-order valence-corrected chi connectivity index (χ3v) is 2.13. The molecule has 0 unspecified atom stereocenters. The zero-order valence-corrected chi connectivity index (χ0v) is 8.31. The lowest BCUT2D eigenvalue weighted by Gasteiger charge is -2.16. The van der Waals surface area contributed by atoms with Crippen molar-refractivity contribution >= 4 is 0 Å². The van der Waals surface area contributed by atoms with E-state index in [0.29, 0.717) is 0 Å². The van der Waals surface area contributed by atoms with Gasteiger partial charge in [0.15, 0.2) is 0 Å². The van der Waals surface area contributed by atoms with Crippen LogP contribution in [-0.2, 0) is 4.74 Å². The van der Waals surface area contributed by atoms with E-state index in [1.54, 1.807) is 0 Å². The van der Waals surface area contributed by atoms with Crippen LogP contribution in [0.25, 0.3) is 0 Å². The first kappa shape index (κ1) is 9.37. The summed E-state index contributed by atoms with van der Waals surface area (Å²) in [5, 5.41) is 0. The van der Waals surface area contributed by atoms with Crippen molar-refractivity contribution in [1.82, 2.24) is 0 Å². The number of hydrogen-bond acceptors (Lipinski definition) is 1. The molecule has 1 nitrogen and oxygen atoms in total. The second-order valence-electron chi connectivity index (χ2n) is 3.45. The van der Waals surface area contributed by atoms with E-state index < -0.39 is 0 Å². The van der Waals surface area contributed by atoms with Gasteiger partial charge in [0, 0.05) is 6.42 Å². The number of rotatable bonds is 3. The van der Waals surface area contributed by atoms with Gasteiger partial charge in [-0.2, -0.15) is 0 Å². The molecule has 0 N–H and O–H groups in total. The van der Waals surface area contributed by atoms with Crippen LogP contribution in [0, 0.1) is 0 Å². The van der Waals surface area contributed by atoms with E-state index in [1.165, 1.54) is 16.9 Å². The molecule has 1 heteroatoms. The van der Waals surface area contributed by atoms with Crippen LogP contribution < -0.4 is 0 Å². The van der Waals surface area contributed by atoms with Gasteiger partial charge in [-0.3, -0.25) is 0 Å². The lowest BCUT2D eigenvalue weighted by atomic mass is 10.00. The molecule has 0 aromatic heterocycles. The fourth-order valence-electron chi connectivity index (χ4n) is 1.44. The van der Waals surface area contributed by atoms with Gasteiger partial charge in [-0.25, -0.2) is 0 Å². The molecule has 0 spiro atoms. The minimum Gasteiger partial charge on any atom is -0.498 e. The van der Waals surface area contributed by atoms with Crippen molar-refractivity contribution in [3.63, 3.8) is 0 Å². The van der Waals surface area contributed by atoms with Gasteiger partial charge in [0.25, 0.3) is 0 Å². The zero-order chi connectivity index (χ0) is 8.97. The molecular weight excluding hydrogens is 148 g/mol. The lowest BCUT2D eigenvalue weighted by molar-refractivity contribution is 0.198. The van der Waals surface area contributed by atoms with Gasteiger partial charge >= 0.3 is 0 Å². The molecule has 12 heavy (non-hydrogen) atoms. The average Bonchev–Trinajstić information content (AvgIpc) is 2.03. The first-order chi connectivity index (χ1) is 5.74. The molecule has 0 aromatic carbocycles. The smallest absolute Gasteiger partial charge is 0.0991 e. The molecule has 68 valence electrons. The SMILES string of the molecule is CCCOC1=C(C)C=C(C)CC1. The number of hydrogen-bond donors (Lipinski definition) is 0. The van der Waals surface area contributed by atoms with Gasteiger partial charge in [-0.15, -0.1) is 0 Å². The quantitative estimate of drug-likeness (QED) is 0.624. The molecule has 0 saturated carbocycles. The molecule has 1 aliphatic rings. The van der Waals surface area contributed by atoms with Crippen LogP contribution >= 0.6 is 0 Å². The first-order valence-electron chi connectivity index (χ1n) is 4.73. The highest BCUT2D eigenvalue weighted by Crippen LogP contribution is 2.23. The lowest BCUT2D eigenvalue weighted by Crippen LogP contribution is -2.01. The minimum absolute atomic E-state index is 0.861. The monoisotopic (exact) mass is 166 g/mol. The van der Waals surface area contributed by atoms with E-state index in [1.807, 2.05) is 0 Å². The second kappa shape index (κ2) is 4.34. The van der Waals surface area contributed by atoms with E-state index in [0.717, 1.165) is 25.9 Å². The molecule has 0 radical (unpaired) electrons. The van der Waals surface area contributed by atoms with Crippen LogP contribution in [0.4, 0.5) is 0 Å². The molecule has 0 fully saturated rings. The maximum atomic E-state index is 5.63. The Morgan fingerprint density at radius 3 is 2.67 bits per heavy atom. The van der Waals surface area contributed by atoms with E-state index in [9.17, 15) is 0 Å². The van der Waals surface area contributed by atoms with Gasteiger partial charge < -0.3 is 4.74 Å². The van der Waals surface area contributed by atoms with Gasteiger partial charge in [0.05, 0.1) is 12.4 Å². The summed E-state index contributed by atoms with van der Waals surface area (Å²) in [6.45, 7) is 7.31. The van der Waals surface area contributed by atoms with Gasteiger partial charge in [0.2, 0.25) is 0 Å². The molecule has 0 saturated heterocycles. The first-order valence-corrected chi connectivity index (χ1v) is 4.73. The highest BCUT2D eigenvalue weighted by Gasteiger charge is 2.08. The van der Waals surface area contributed by atoms with Crippen LogP contribution in [0.5, 0.6) is 0 Å². The van der Waals surface area contributed by atoms with Gasteiger partial charge in [-0.05, 0) is 32.3 Å². The van der Waals surface area contributed by atoms with E-state index in [2.05, 4.69) is 26.8 Å². The Bertz CT molecular complexity index is 211. The van der Waals surface area contributed by atoms with Gasteiger partial charge in [0.1, 0.15) is 0 Å². The fourth-order valence-corrected chi connectivity index (χ4v) is 1.44. The molecular formula is C11H18O. The Labute approximate surface area is 75.1 Å². The normalized spacial score (nSPS) is 17.8. The van der Waals surface area contributed by atoms with Crippen molar-refractivity contribution in [3.8, 4) is 0 Å². The molecule has 0 bridgehead atoms. The summed E-state index contributed by atoms with van der Waals surface area (Å²) in [5.74, 6) is 1.20. The Balaban J connectivity index is 2.56. The highest BCUT2D eigenvalue weighted by molar-refractivity contribution is 5.28. The van der Waals surface area contributed by atoms with Crippen LogP contribution in [0.3, 0.4) is 0 Å². The molecule has 1 aliphatic carbocycles. The van der Waals surface area contributed by atoms with E-state index in [4.69, 9.17) is 4.74 Å². The maximum absolute atomic E-state index is 5.63. The predicted octanol–water partition coefficient (Wildman–Crippen LogP) is 3.43. The molecule has 0 aromatic rings. The summed E-state index contributed by atoms with van der Waals surface area (Å²) in [7, 11) is 0. The van der Waals surface area contributed by atoms with E-state index in [-0.39, 0.29) is 0 Å². The Morgan fingerprint density at radius 2 is 2.08 bits per heavy atom. The molecule has 0 aliphatic heterocycles. The number of ether oxygens (including phenoxy) is 1. The third kappa shape index (κ3) is 2.40. The summed E-state index contributed by atoms with van der Waals surface area (Å²) >= 11 is 0. The standard InChI is InChI=1S/C11H18O/c1-4-7-12-11-6-5-9(2)8-10(11)3/h8H,4-7H2,1-3H3. The largest absolute Gasteiger partial charge is 0.498 e. The summed E-state index contributed by atoms with van der Waals surface area (Å²) in [5.41, 5.74) is 2.78. The van der Waals surface area contributed by atoms with Crippen LogP contribution in [0.15, 0.2) is 23.0 Å². The average molecular weight is 166 g/mol. The van der Waals surface area contributed by atoms with Crippen molar-refractivity contribution in [1.29, 1.82) is 0 Å². The zero-order valence-electron chi connectivity index (χ0n) is 8.31. The Kier molecular flexibility index (Phi) is 3.39. The van der Waals surface area contributed by atoms with Crippen LogP contribution in [0.2, 0.25) is 0 Å². The van der Waals surface area contributed by atoms with Crippen molar-refractivity contribution in [2.24, 2.45) is 0 Å². The molecule has 1 rings (SSSR count). The predicted molar refractivity (Wildman–Crippen MR) is 51.9 cm³/mol. The van der Waals surface area contributed by atoms with Crippen molar-refractivity contribution in [2.45, 2.75) is 40.0 Å². The van der Waals surface area contributed by atoms with E-state index >= 15 is 0 Å². The Morgan fingerprint density at radius 1 is 1.33 bits per heavy atom. The van der Waals surface area contributed by atoms with Crippen molar-refractivity contribution in [2.75, 3.05) is 6.61 Å². The fraction of sp³-hybridized carbons (Fsp3) is 0.636. The van der Waals surface area contributed by atoms with Crippen LogP contribution in [0.1, 0.15) is 40.0 Å². The molecule has 0 amide bonds. The number of allylic oxidation sites excluding steroid dienone is 4. The molecule has 0 atom stereocenters. The summed E-state index contributed by atoms with van der Waals surface area (Å²) in [6.07, 6.45) is 5.58. The Hall–Kier alpha value is -0.720. The molecule has 0 heterocycles. The van der Waals surface area contributed by atoms with Gasteiger partial charge in [-0.1, -0.05) is 18.6 Å². The summed E-state index contributed by atoms with van der Waals surface area (Å²) in [6, 6.07) is 0.